The summed E-state index contributed by atoms with van der Waals surface area (Å²) in [6.45, 7) is 7.73. The van der Waals surface area contributed by atoms with Crippen molar-refractivity contribution < 1.29 is 18.3 Å². The zero-order valence-corrected chi connectivity index (χ0v) is 13.8. The molecule has 20 heavy (non-hydrogen) atoms. The predicted molar refractivity (Wildman–Crippen MR) is 79.7 cm³/mol. The summed E-state index contributed by atoms with van der Waals surface area (Å²) in [4.78, 5) is 12.2. The van der Waals surface area contributed by atoms with Gasteiger partial charge in [0.2, 0.25) is 15.9 Å². The third-order valence-corrected chi connectivity index (χ3v) is 3.67. The zero-order valence-electron chi connectivity index (χ0n) is 13.0. The van der Waals surface area contributed by atoms with Crippen LogP contribution in [-0.2, 0) is 14.8 Å². The van der Waals surface area contributed by atoms with Crippen molar-refractivity contribution >= 4 is 15.9 Å². The lowest BCUT2D eigenvalue weighted by molar-refractivity contribution is -0.124. The van der Waals surface area contributed by atoms with E-state index in [1.54, 1.807) is 0 Å². The number of aliphatic hydroxyl groups excluding tert-OH is 1. The summed E-state index contributed by atoms with van der Waals surface area (Å²) in [5.74, 6) is 0.0238. The van der Waals surface area contributed by atoms with Crippen molar-refractivity contribution in [2.75, 3.05) is 12.9 Å². The Morgan fingerprint density at radius 3 is 2.10 bits per heavy atom. The Balaban J connectivity index is 4.84. The van der Waals surface area contributed by atoms with Gasteiger partial charge in [-0.15, -0.1) is 0 Å². The average molecular weight is 308 g/mol. The van der Waals surface area contributed by atoms with Gasteiger partial charge in [0, 0.05) is 12.6 Å². The first-order chi connectivity index (χ1) is 9.06. The third kappa shape index (κ3) is 8.50. The van der Waals surface area contributed by atoms with E-state index in [1.807, 2.05) is 27.7 Å². The summed E-state index contributed by atoms with van der Waals surface area (Å²) in [5, 5.41) is 11.8. The van der Waals surface area contributed by atoms with Gasteiger partial charge in [0.05, 0.1) is 6.26 Å². The highest BCUT2D eigenvalue weighted by atomic mass is 32.2. The fraction of sp³-hybridized carbons (Fsp3) is 0.923. The largest absolute Gasteiger partial charge is 0.396 e. The second-order valence-corrected chi connectivity index (χ2v) is 7.72. The van der Waals surface area contributed by atoms with Crippen LogP contribution in [0.15, 0.2) is 0 Å². The summed E-state index contributed by atoms with van der Waals surface area (Å²) in [6, 6.07) is -0.937. The molecule has 0 aromatic rings. The highest BCUT2D eigenvalue weighted by Gasteiger charge is 2.26. The number of nitrogens with one attached hydrogen (secondary N) is 2. The highest BCUT2D eigenvalue weighted by molar-refractivity contribution is 7.88. The molecule has 0 saturated carbocycles. The van der Waals surface area contributed by atoms with E-state index in [-0.39, 0.29) is 30.4 Å². The fourth-order valence-electron chi connectivity index (χ4n) is 1.93. The van der Waals surface area contributed by atoms with Crippen LogP contribution in [0.5, 0.6) is 0 Å². The lowest BCUT2D eigenvalue weighted by Gasteiger charge is -2.25. The number of hydrogen-bond acceptors (Lipinski definition) is 4. The van der Waals surface area contributed by atoms with Gasteiger partial charge in [0.25, 0.3) is 0 Å². The molecule has 6 nitrogen and oxygen atoms in total. The van der Waals surface area contributed by atoms with Crippen LogP contribution in [0.25, 0.3) is 0 Å². The van der Waals surface area contributed by atoms with Crippen LogP contribution in [-0.4, -0.2) is 44.4 Å². The monoisotopic (exact) mass is 308 g/mol. The topological polar surface area (TPSA) is 95.5 Å². The molecule has 120 valence electrons. The Hall–Kier alpha value is -0.660. The van der Waals surface area contributed by atoms with Crippen LogP contribution < -0.4 is 10.0 Å². The summed E-state index contributed by atoms with van der Waals surface area (Å²) in [5.41, 5.74) is 0. The second kappa shape index (κ2) is 8.59. The molecule has 7 heteroatoms. The van der Waals surface area contributed by atoms with Gasteiger partial charge in [-0.1, -0.05) is 27.7 Å². The highest BCUT2D eigenvalue weighted by Crippen LogP contribution is 2.10. The first-order valence-corrected chi connectivity index (χ1v) is 8.84. The van der Waals surface area contributed by atoms with Gasteiger partial charge in [0.15, 0.2) is 0 Å². The van der Waals surface area contributed by atoms with E-state index >= 15 is 0 Å². The molecule has 0 aromatic heterocycles. The van der Waals surface area contributed by atoms with Crippen LogP contribution in [0.2, 0.25) is 0 Å². The molecular formula is C13H28N2O4S. The number of hydrogen-bond donors (Lipinski definition) is 3. The van der Waals surface area contributed by atoms with Crippen LogP contribution in [0.1, 0.15) is 40.5 Å². The standard InChI is InChI=1S/C13H28N2O4S/c1-9(2)8-12(15-20(5,18)19)13(17)14-11(6-7-16)10(3)4/h9-12,15-16H,6-8H2,1-5H3,(H,14,17). The molecule has 0 radical (unpaired) electrons. The van der Waals surface area contributed by atoms with Crippen LogP contribution in [0.4, 0.5) is 0 Å². The smallest absolute Gasteiger partial charge is 0.238 e. The molecule has 1 amide bonds. The van der Waals surface area contributed by atoms with Crippen molar-refractivity contribution in [1.82, 2.24) is 10.0 Å². The van der Waals surface area contributed by atoms with E-state index in [2.05, 4.69) is 10.0 Å². The van der Waals surface area contributed by atoms with Gasteiger partial charge in [0.1, 0.15) is 6.04 Å². The molecule has 0 heterocycles. The molecule has 0 aliphatic carbocycles. The Bertz CT molecular complexity index is 393. The minimum Gasteiger partial charge on any atom is -0.396 e. The molecule has 0 spiro atoms. The Kier molecular flexibility index (Phi) is 8.30. The first kappa shape index (κ1) is 19.3. The van der Waals surface area contributed by atoms with Gasteiger partial charge in [-0.3, -0.25) is 4.79 Å². The quantitative estimate of drug-likeness (QED) is 0.577. The van der Waals surface area contributed by atoms with Crippen LogP contribution in [0.3, 0.4) is 0 Å². The lowest BCUT2D eigenvalue weighted by atomic mass is 9.99. The van der Waals surface area contributed by atoms with Gasteiger partial charge in [-0.05, 0) is 24.7 Å². The SMILES string of the molecule is CC(C)CC(NS(C)(=O)=O)C(=O)NC(CCO)C(C)C. The fourth-order valence-corrected chi connectivity index (χ4v) is 2.65. The number of amides is 1. The third-order valence-electron chi connectivity index (χ3n) is 2.95. The predicted octanol–water partition coefficient (Wildman–Crippen LogP) is 0.474. The summed E-state index contributed by atoms with van der Waals surface area (Å²) in [7, 11) is -3.44. The van der Waals surface area contributed by atoms with Gasteiger partial charge in [-0.2, -0.15) is 0 Å². The molecular weight excluding hydrogens is 280 g/mol. The van der Waals surface area contributed by atoms with E-state index in [9.17, 15) is 13.2 Å². The maximum absolute atomic E-state index is 12.2. The molecule has 0 aliphatic heterocycles. The zero-order chi connectivity index (χ0) is 15.9. The van der Waals surface area contributed by atoms with Crippen molar-refractivity contribution in [1.29, 1.82) is 0 Å². The van der Waals surface area contributed by atoms with Gasteiger partial charge >= 0.3 is 0 Å². The van der Waals surface area contributed by atoms with Crippen molar-refractivity contribution in [3.05, 3.63) is 0 Å². The molecule has 0 fully saturated rings. The van der Waals surface area contributed by atoms with Crippen LogP contribution in [0, 0.1) is 11.8 Å². The van der Waals surface area contributed by atoms with Gasteiger partial charge in [-0.25, -0.2) is 13.1 Å². The molecule has 0 saturated heterocycles. The first-order valence-electron chi connectivity index (χ1n) is 6.95. The normalized spacial score (nSPS) is 15.4. The number of rotatable bonds is 9. The number of aliphatic hydroxyl groups is 1. The molecule has 0 rings (SSSR count). The molecule has 0 aromatic carbocycles. The molecule has 0 bridgehead atoms. The molecule has 2 atom stereocenters. The van der Waals surface area contributed by atoms with E-state index in [1.165, 1.54) is 0 Å². The number of carbonyl (C=O) groups is 1. The summed E-state index contributed by atoms with van der Waals surface area (Å²) >= 11 is 0. The molecule has 2 unspecified atom stereocenters. The van der Waals surface area contributed by atoms with E-state index in [0.717, 1.165) is 6.26 Å². The number of sulfonamides is 1. The van der Waals surface area contributed by atoms with Gasteiger partial charge < -0.3 is 10.4 Å². The Morgan fingerprint density at radius 1 is 1.20 bits per heavy atom. The Labute approximate surface area is 122 Å². The average Bonchev–Trinajstić information content (AvgIpc) is 2.24. The molecule has 3 N–H and O–H groups in total. The van der Waals surface area contributed by atoms with E-state index < -0.39 is 16.1 Å². The summed E-state index contributed by atoms with van der Waals surface area (Å²) < 4.78 is 25.1. The molecule has 0 aliphatic rings. The minimum atomic E-state index is -3.44. The van der Waals surface area contributed by atoms with Crippen LogP contribution >= 0.6 is 0 Å². The summed E-state index contributed by atoms with van der Waals surface area (Å²) in [6.07, 6.45) is 1.93. The van der Waals surface area contributed by atoms with Crippen molar-refractivity contribution in [2.45, 2.75) is 52.6 Å². The minimum absolute atomic E-state index is 0.0164. The van der Waals surface area contributed by atoms with Crippen molar-refractivity contribution in [2.24, 2.45) is 11.8 Å². The van der Waals surface area contributed by atoms with E-state index in [0.29, 0.717) is 12.8 Å². The second-order valence-electron chi connectivity index (χ2n) is 5.94. The number of carbonyl (C=O) groups excluding carboxylic acids is 1. The maximum Gasteiger partial charge on any atom is 0.238 e. The van der Waals surface area contributed by atoms with E-state index in [4.69, 9.17) is 5.11 Å². The maximum atomic E-state index is 12.2. The lowest BCUT2D eigenvalue weighted by Crippen LogP contribution is -2.51. The van der Waals surface area contributed by atoms with Crippen molar-refractivity contribution in [3.8, 4) is 0 Å². The Morgan fingerprint density at radius 2 is 1.75 bits per heavy atom. The van der Waals surface area contributed by atoms with Crippen molar-refractivity contribution in [3.63, 3.8) is 0 Å².